The second kappa shape index (κ2) is 12.8. The molecule has 0 spiro atoms. The summed E-state index contributed by atoms with van der Waals surface area (Å²) in [5.74, 6) is -3.05. The van der Waals surface area contributed by atoms with Crippen LogP contribution in [0, 0.1) is 17.8 Å². The van der Waals surface area contributed by atoms with Crippen molar-refractivity contribution in [3.05, 3.63) is 89.2 Å². The third-order valence-electron chi connectivity index (χ3n) is 8.83. The zero-order valence-electron chi connectivity index (χ0n) is 24.5. The Morgan fingerprint density at radius 3 is 2.50 bits per heavy atom. The average Bonchev–Trinajstić information content (AvgIpc) is 3.76. The largest absolute Gasteiger partial charge is 0.324 e. The number of hydrogen-bond acceptors (Lipinski definition) is 5. The summed E-state index contributed by atoms with van der Waals surface area (Å²) in [6.07, 6.45) is 6.61. The normalized spacial score (nSPS) is 26.2. The molecule has 0 aromatic heterocycles. The molecule has 5 rings (SSSR count). The van der Waals surface area contributed by atoms with Crippen LogP contribution < -0.4 is 14.9 Å². The van der Waals surface area contributed by atoms with Crippen LogP contribution in [0.5, 0.6) is 0 Å². The van der Waals surface area contributed by atoms with Crippen LogP contribution in [0.2, 0.25) is 5.02 Å². The average molecular weight is 662 g/mol. The molecule has 2 amide bonds. The number of carbonyl (C=O) groups excluding carboxylic acids is 2. The van der Waals surface area contributed by atoms with E-state index in [1.165, 1.54) is 37.4 Å². The Kier molecular flexibility index (Phi) is 9.39. The Bertz CT molecular complexity index is 1630. The molecule has 1 aliphatic carbocycles. The van der Waals surface area contributed by atoms with Crippen molar-refractivity contribution in [2.45, 2.75) is 42.7 Å². The van der Waals surface area contributed by atoms with E-state index in [0.717, 1.165) is 12.8 Å². The number of allylic oxidation sites excluding steroid dienone is 4. The van der Waals surface area contributed by atoms with E-state index >= 15 is 4.39 Å². The topological polar surface area (TPSA) is 98.8 Å². The molecular formula is C32H35Cl2FN4O4S. The maximum Gasteiger partial charge on any atom is 0.245 e. The molecule has 2 saturated heterocycles. The van der Waals surface area contributed by atoms with Crippen LogP contribution in [-0.2, 0) is 19.6 Å². The molecule has 1 saturated carbocycles. The molecule has 0 radical (unpaired) electrons. The number of amides is 2. The molecule has 3 fully saturated rings. The Balaban J connectivity index is 1.57. The highest BCUT2D eigenvalue weighted by Gasteiger charge is 2.65. The quantitative estimate of drug-likeness (QED) is 0.311. The number of sulfonamides is 1. The van der Waals surface area contributed by atoms with Gasteiger partial charge in [0.2, 0.25) is 21.8 Å². The summed E-state index contributed by atoms with van der Waals surface area (Å²) in [7, 11) is -2.34. The minimum atomic E-state index is -3.67. The number of nitrogens with zero attached hydrogens (tertiary/aromatic N) is 2. The van der Waals surface area contributed by atoms with Crippen LogP contribution >= 0.6 is 23.2 Å². The summed E-state index contributed by atoms with van der Waals surface area (Å²) in [5.41, 5.74) is -0.463. The zero-order chi connectivity index (χ0) is 31.8. The molecule has 0 bridgehead atoms. The van der Waals surface area contributed by atoms with Gasteiger partial charge in [0, 0.05) is 40.6 Å². The predicted molar refractivity (Wildman–Crippen MR) is 172 cm³/mol. The lowest BCUT2D eigenvalue weighted by molar-refractivity contribution is -0.128. The van der Waals surface area contributed by atoms with Crippen LogP contribution in [0.3, 0.4) is 0 Å². The van der Waals surface area contributed by atoms with Crippen molar-refractivity contribution in [3.63, 3.8) is 0 Å². The number of rotatable bonds is 10. The van der Waals surface area contributed by atoms with Crippen molar-refractivity contribution >= 4 is 56.4 Å². The van der Waals surface area contributed by atoms with Gasteiger partial charge in [-0.15, -0.1) is 0 Å². The van der Waals surface area contributed by atoms with Crippen molar-refractivity contribution < 1.29 is 22.4 Å². The van der Waals surface area contributed by atoms with Crippen molar-refractivity contribution in [2.75, 3.05) is 30.4 Å². The molecule has 8 nitrogen and oxygen atoms in total. The molecule has 3 aliphatic rings. The van der Waals surface area contributed by atoms with Gasteiger partial charge in [-0.05, 0) is 93.8 Å². The first kappa shape index (κ1) is 32.4. The van der Waals surface area contributed by atoms with E-state index in [1.54, 1.807) is 48.2 Å². The maximum absolute atomic E-state index is 16.5. The monoisotopic (exact) mass is 660 g/mol. The number of benzene rings is 2. The second-order valence-corrected chi connectivity index (χ2v) is 14.4. The van der Waals surface area contributed by atoms with Gasteiger partial charge in [-0.2, -0.15) is 0 Å². The fourth-order valence-corrected chi connectivity index (χ4v) is 7.44. The molecule has 234 valence electrons. The SMILES string of the molecule is C=C(Cl)/C=C\C=C(/F)[C@H]1[C@@H]2C(=O)N(c3ccc(S(=O)(=O)NC)cc3)CC[C@@H]2N(CC2CC2)[C@@]1(C)C(=O)Nc1cccc(Cl)c1. The van der Waals surface area contributed by atoms with E-state index in [1.807, 2.05) is 4.90 Å². The molecule has 2 N–H and O–H groups in total. The number of carbonyl (C=O) groups is 2. The third kappa shape index (κ3) is 6.37. The molecule has 44 heavy (non-hydrogen) atoms. The lowest BCUT2D eigenvalue weighted by Crippen LogP contribution is -2.57. The minimum absolute atomic E-state index is 0.0624. The summed E-state index contributed by atoms with van der Waals surface area (Å²) in [6.45, 7) is 6.20. The van der Waals surface area contributed by atoms with Crippen LogP contribution in [-0.4, -0.2) is 56.9 Å². The molecule has 2 aliphatic heterocycles. The Hall–Kier alpha value is -3.02. The van der Waals surface area contributed by atoms with Crippen molar-refractivity contribution in [3.8, 4) is 0 Å². The van der Waals surface area contributed by atoms with E-state index in [9.17, 15) is 18.0 Å². The lowest BCUT2D eigenvalue weighted by Gasteiger charge is -2.40. The highest BCUT2D eigenvalue weighted by molar-refractivity contribution is 7.89. The van der Waals surface area contributed by atoms with Crippen molar-refractivity contribution in [1.82, 2.24) is 9.62 Å². The van der Waals surface area contributed by atoms with Gasteiger partial charge in [0.05, 0.1) is 16.7 Å². The summed E-state index contributed by atoms with van der Waals surface area (Å²) in [5, 5.41) is 3.59. The number of halogens is 3. The molecule has 0 unspecified atom stereocenters. The molecule has 2 aromatic carbocycles. The van der Waals surface area contributed by atoms with E-state index in [4.69, 9.17) is 23.2 Å². The smallest absolute Gasteiger partial charge is 0.245 e. The first-order valence-electron chi connectivity index (χ1n) is 14.4. The predicted octanol–water partition coefficient (Wildman–Crippen LogP) is 5.87. The Labute approximate surface area is 267 Å². The number of piperidine rings is 1. The van der Waals surface area contributed by atoms with Gasteiger partial charge < -0.3 is 10.2 Å². The Morgan fingerprint density at radius 1 is 1.18 bits per heavy atom. The molecule has 4 atom stereocenters. The van der Waals surface area contributed by atoms with Gasteiger partial charge in [-0.1, -0.05) is 41.9 Å². The molecular weight excluding hydrogens is 626 g/mol. The highest BCUT2D eigenvalue weighted by Crippen LogP contribution is 2.53. The minimum Gasteiger partial charge on any atom is -0.324 e. The van der Waals surface area contributed by atoms with Crippen LogP contribution in [0.25, 0.3) is 0 Å². The van der Waals surface area contributed by atoms with Crippen molar-refractivity contribution in [1.29, 1.82) is 0 Å². The summed E-state index contributed by atoms with van der Waals surface area (Å²) in [6, 6.07) is 12.3. The number of nitrogens with one attached hydrogen (secondary N) is 2. The fourth-order valence-electron chi connectivity index (χ4n) is 6.45. The first-order valence-corrected chi connectivity index (χ1v) is 16.7. The van der Waals surface area contributed by atoms with E-state index in [2.05, 4.69) is 16.6 Å². The van der Waals surface area contributed by atoms with Gasteiger partial charge in [0.1, 0.15) is 11.4 Å². The lowest BCUT2D eigenvalue weighted by atomic mass is 9.75. The van der Waals surface area contributed by atoms with Gasteiger partial charge >= 0.3 is 0 Å². The van der Waals surface area contributed by atoms with Crippen LogP contribution in [0.1, 0.15) is 26.2 Å². The standard InChI is InChI=1S/C32H35Cl2FN4O4S/c1-20(33)6-4-9-26(35)29-28-27(16-17-38(30(28)40)24-12-14-25(15-13-24)44(42,43)36-3)39(19-21-10-11-21)32(29,2)31(41)37-23-8-5-7-22(34)18-23/h4-9,12-15,18,21,27-29,36H,1,10-11,16-17,19H2,2-3H3,(H,37,41)/b6-4-,26-9-/t27-,28+,29-,32+/m0/s1. The summed E-state index contributed by atoms with van der Waals surface area (Å²) >= 11 is 12.1. The first-order chi connectivity index (χ1) is 20.9. The highest BCUT2D eigenvalue weighted by atomic mass is 35.5. The molecule has 12 heteroatoms. The second-order valence-electron chi connectivity index (χ2n) is 11.6. The summed E-state index contributed by atoms with van der Waals surface area (Å²) < 4.78 is 43.3. The van der Waals surface area contributed by atoms with E-state index in [-0.39, 0.29) is 15.8 Å². The van der Waals surface area contributed by atoms with E-state index < -0.39 is 45.2 Å². The summed E-state index contributed by atoms with van der Waals surface area (Å²) in [4.78, 5) is 32.3. The number of anilines is 2. The zero-order valence-corrected chi connectivity index (χ0v) is 26.8. The van der Waals surface area contributed by atoms with Crippen LogP contribution in [0.15, 0.2) is 89.1 Å². The van der Waals surface area contributed by atoms with Gasteiger partial charge in [0.15, 0.2) is 0 Å². The number of likely N-dealkylation sites (tertiary alicyclic amines) is 1. The number of hydrogen-bond donors (Lipinski definition) is 2. The van der Waals surface area contributed by atoms with Gasteiger partial charge in [-0.25, -0.2) is 17.5 Å². The van der Waals surface area contributed by atoms with E-state index in [0.29, 0.717) is 41.8 Å². The van der Waals surface area contributed by atoms with Gasteiger partial charge in [0.25, 0.3) is 0 Å². The van der Waals surface area contributed by atoms with Gasteiger partial charge in [-0.3, -0.25) is 14.5 Å². The Morgan fingerprint density at radius 2 is 1.89 bits per heavy atom. The molecule has 2 aromatic rings. The number of fused-ring (bicyclic) bond motifs is 1. The molecule has 2 heterocycles. The fraction of sp³-hybridized carbons (Fsp3) is 0.375. The maximum atomic E-state index is 16.5. The van der Waals surface area contributed by atoms with Crippen molar-refractivity contribution in [2.24, 2.45) is 17.8 Å². The van der Waals surface area contributed by atoms with Crippen LogP contribution in [0.4, 0.5) is 15.8 Å². The third-order valence-corrected chi connectivity index (χ3v) is 10.6.